The number of fused-ring (bicyclic) bond motifs is 1. The van der Waals surface area contributed by atoms with Crippen LogP contribution in [0.2, 0.25) is 0 Å². The first kappa shape index (κ1) is 11.9. The van der Waals surface area contributed by atoms with Crippen LogP contribution in [0.15, 0.2) is 65.7 Å². The van der Waals surface area contributed by atoms with Crippen LogP contribution in [0.4, 0.5) is 5.69 Å². The number of hydrogen-bond donors (Lipinski definition) is 0. The van der Waals surface area contributed by atoms with E-state index in [9.17, 15) is 0 Å². The van der Waals surface area contributed by atoms with E-state index in [0.717, 1.165) is 17.0 Å². The van der Waals surface area contributed by atoms with Crippen molar-refractivity contribution in [1.82, 2.24) is 0 Å². The summed E-state index contributed by atoms with van der Waals surface area (Å²) in [6.45, 7) is 0. The van der Waals surface area contributed by atoms with Crippen molar-refractivity contribution in [2.45, 2.75) is 6.10 Å². The molecular formula is C17H15NO. The summed E-state index contributed by atoms with van der Waals surface area (Å²) in [5, 5.41) is 0. The molecule has 0 radical (unpaired) electrons. The van der Waals surface area contributed by atoms with Crippen molar-refractivity contribution in [3.8, 4) is 0 Å². The van der Waals surface area contributed by atoms with Crippen LogP contribution in [-0.4, -0.2) is 18.9 Å². The average Bonchev–Trinajstić information content (AvgIpc) is 2.49. The summed E-state index contributed by atoms with van der Waals surface area (Å²) in [5.41, 5.74) is 4.24. The molecule has 1 atom stereocenters. The number of aliphatic imine (C=N–C) groups is 1. The summed E-state index contributed by atoms with van der Waals surface area (Å²) in [6, 6.07) is 18.2. The predicted molar refractivity (Wildman–Crippen MR) is 78.9 cm³/mol. The van der Waals surface area contributed by atoms with Crippen molar-refractivity contribution in [2.24, 2.45) is 4.99 Å². The normalized spacial score (nSPS) is 19.4. The van der Waals surface area contributed by atoms with E-state index in [-0.39, 0.29) is 6.10 Å². The molecule has 0 amide bonds. The van der Waals surface area contributed by atoms with E-state index in [0.29, 0.717) is 0 Å². The van der Waals surface area contributed by atoms with Crippen LogP contribution >= 0.6 is 0 Å². The van der Waals surface area contributed by atoms with Gasteiger partial charge in [-0.1, -0.05) is 48.5 Å². The van der Waals surface area contributed by atoms with Gasteiger partial charge in [0.25, 0.3) is 0 Å². The molecule has 3 rings (SSSR count). The maximum Gasteiger partial charge on any atom is 0.118 e. The lowest BCUT2D eigenvalue weighted by atomic mass is 9.93. The molecule has 1 aliphatic carbocycles. The average molecular weight is 249 g/mol. The molecule has 0 spiro atoms. The first-order valence-corrected chi connectivity index (χ1v) is 6.32. The standard InChI is InChI=1S/C17H15NO/c1-19-16-12-11-13-7-5-6-10-15(13)17(16)18-14-8-3-2-4-9-14/h2-12,16H,1H3. The minimum Gasteiger partial charge on any atom is -0.371 e. The highest BCUT2D eigenvalue weighted by atomic mass is 16.5. The molecule has 0 aliphatic heterocycles. The molecule has 2 aromatic carbocycles. The van der Waals surface area contributed by atoms with E-state index in [1.807, 2.05) is 48.5 Å². The zero-order valence-corrected chi connectivity index (χ0v) is 10.8. The van der Waals surface area contributed by atoms with Gasteiger partial charge in [-0.25, -0.2) is 4.99 Å². The molecule has 0 N–H and O–H groups in total. The van der Waals surface area contributed by atoms with E-state index in [2.05, 4.69) is 18.2 Å². The largest absolute Gasteiger partial charge is 0.371 e. The number of rotatable bonds is 2. The fourth-order valence-electron chi connectivity index (χ4n) is 2.27. The second-order valence-corrected chi connectivity index (χ2v) is 4.44. The number of benzene rings is 2. The fraction of sp³-hybridized carbons (Fsp3) is 0.118. The SMILES string of the molecule is COC1C=Cc2ccccc2C1=Nc1ccccc1. The van der Waals surface area contributed by atoms with Crippen LogP contribution in [0.3, 0.4) is 0 Å². The quantitative estimate of drug-likeness (QED) is 0.792. The lowest BCUT2D eigenvalue weighted by Gasteiger charge is -2.20. The molecule has 94 valence electrons. The van der Waals surface area contributed by atoms with Crippen LogP contribution in [0.5, 0.6) is 0 Å². The van der Waals surface area contributed by atoms with Crippen LogP contribution in [0, 0.1) is 0 Å². The van der Waals surface area contributed by atoms with Crippen LogP contribution < -0.4 is 0 Å². The van der Waals surface area contributed by atoms with E-state index < -0.39 is 0 Å². The number of hydrogen-bond acceptors (Lipinski definition) is 2. The number of nitrogens with zero attached hydrogens (tertiary/aromatic N) is 1. The Balaban J connectivity index is 2.11. The summed E-state index contributed by atoms with van der Waals surface area (Å²) in [7, 11) is 1.71. The summed E-state index contributed by atoms with van der Waals surface area (Å²) in [4.78, 5) is 4.75. The molecule has 0 saturated heterocycles. The zero-order chi connectivity index (χ0) is 13.1. The van der Waals surface area contributed by atoms with Crippen molar-refractivity contribution >= 4 is 17.5 Å². The summed E-state index contributed by atoms with van der Waals surface area (Å²) < 4.78 is 5.52. The molecule has 0 heterocycles. The Labute approximate surface area is 113 Å². The smallest absolute Gasteiger partial charge is 0.118 e. The molecule has 0 saturated carbocycles. The first-order valence-electron chi connectivity index (χ1n) is 6.32. The molecule has 2 heteroatoms. The van der Waals surface area contributed by atoms with Crippen molar-refractivity contribution in [3.63, 3.8) is 0 Å². The summed E-state index contributed by atoms with van der Waals surface area (Å²) in [5.74, 6) is 0. The Kier molecular flexibility index (Phi) is 3.25. The van der Waals surface area contributed by atoms with Gasteiger partial charge in [0.05, 0.1) is 11.4 Å². The Morgan fingerprint density at radius 1 is 0.947 bits per heavy atom. The number of ether oxygens (including phenoxy) is 1. The van der Waals surface area contributed by atoms with Gasteiger partial charge >= 0.3 is 0 Å². The number of para-hydroxylation sites is 1. The van der Waals surface area contributed by atoms with Gasteiger partial charge in [-0.15, -0.1) is 0 Å². The summed E-state index contributed by atoms with van der Waals surface area (Å²) in [6.07, 6.45) is 4.05. The highest BCUT2D eigenvalue weighted by Gasteiger charge is 2.20. The van der Waals surface area contributed by atoms with Crippen LogP contribution in [0.25, 0.3) is 6.08 Å². The van der Waals surface area contributed by atoms with E-state index in [1.54, 1.807) is 7.11 Å². The Morgan fingerprint density at radius 3 is 2.47 bits per heavy atom. The Bertz CT molecular complexity index is 629. The highest BCUT2D eigenvalue weighted by Crippen LogP contribution is 2.24. The monoisotopic (exact) mass is 249 g/mol. The lowest BCUT2D eigenvalue weighted by Crippen LogP contribution is -2.25. The zero-order valence-electron chi connectivity index (χ0n) is 10.8. The molecule has 19 heavy (non-hydrogen) atoms. The molecule has 0 aromatic heterocycles. The molecule has 1 aliphatic rings. The molecule has 0 fully saturated rings. The molecular weight excluding hydrogens is 234 g/mol. The minimum absolute atomic E-state index is 0.0879. The third-order valence-corrected chi connectivity index (χ3v) is 3.22. The number of methoxy groups -OCH3 is 1. The first-order chi connectivity index (χ1) is 9.38. The molecule has 2 nitrogen and oxygen atoms in total. The van der Waals surface area contributed by atoms with Gasteiger partial charge in [-0.2, -0.15) is 0 Å². The van der Waals surface area contributed by atoms with E-state index >= 15 is 0 Å². The topological polar surface area (TPSA) is 21.6 Å². The maximum absolute atomic E-state index is 5.52. The van der Waals surface area contributed by atoms with Gasteiger partial charge in [-0.05, 0) is 23.8 Å². The lowest BCUT2D eigenvalue weighted by molar-refractivity contribution is 0.192. The van der Waals surface area contributed by atoms with Gasteiger partial charge in [-0.3, -0.25) is 0 Å². The molecule has 0 bridgehead atoms. The van der Waals surface area contributed by atoms with Crippen molar-refractivity contribution < 1.29 is 4.74 Å². The van der Waals surface area contributed by atoms with E-state index in [1.165, 1.54) is 5.56 Å². The van der Waals surface area contributed by atoms with E-state index in [4.69, 9.17) is 9.73 Å². The van der Waals surface area contributed by atoms with Gasteiger partial charge < -0.3 is 4.74 Å². The third-order valence-electron chi connectivity index (χ3n) is 3.22. The second-order valence-electron chi connectivity index (χ2n) is 4.44. The maximum atomic E-state index is 5.52. The second kappa shape index (κ2) is 5.21. The van der Waals surface area contributed by atoms with Gasteiger partial charge in [0.2, 0.25) is 0 Å². The van der Waals surface area contributed by atoms with Crippen LogP contribution in [-0.2, 0) is 4.74 Å². The van der Waals surface area contributed by atoms with Crippen molar-refractivity contribution in [2.75, 3.05) is 7.11 Å². The summed E-state index contributed by atoms with van der Waals surface area (Å²) >= 11 is 0. The van der Waals surface area contributed by atoms with Gasteiger partial charge in [0.15, 0.2) is 0 Å². The Hall–Kier alpha value is -2.19. The predicted octanol–water partition coefficient (Wildman–Crippen LogP) is 3.85. The fourth-order valence-corrected chi connectivity index (χ4v) is 2.27. The Morgan fingerprint density at radius 2 is 1.68 bits per heavy atom. The van der Waals surface area contributed by atoms with Crippen molar-refractivity contribution in [1.29, 1.82) is 0 Å². The molecule has 2 aromatic rings. The van der Waals surface area contributed by atoms with Crippen LogP contribution in [0.1, 0.15) is 11.1 Å². The minimum atomic E-state index is -0.0879. The third kappa shape index (κ3) is 2.35. The highest BCUT2D eigenvalue weighted by molar-refractivity contribution is 6.10. The van der Waals surface area contributed by atoms with Crippen molar-refractivity contribution in [3.05, 3.63) is 71.8 Å². The molecule has 1 unspecified atom stereocenters. The van der Waals surface area contributed by atoms with Gasteiger partial charge in [0, 0.05) is 12.7 Å². The van der Waals surface area contributed by atoms with Gasteiger partial charge in [0.1, 0.15) is 6.10 Å².